The van der Waals surface area contributed by atoms with Gasteiger partial charge in [-0.25, -0.2) is 24.3 Å². The molecule has 0 atom stereocenters. The van der Waals surface area contributed by atoms with Crippen LogP contribution in [0.15, 0.2) is 158 Å². The highest BCUT2D eigenvalue weighted by Gasteiger charge is 2.20. The topological polar surface area (TPSA) is 434 Å². The van der Waals surface area contributed by atoms with Gasteiger partial charge in [0.15, 0.2) is 79.0 Å². The lowest BCUT2D eigenvalue weighted by molar-refractivity contribution is -0.480. The molecule has 0 fully saturated rings. The van der Waals surface area contributed by atoms with Gasteiger partial charge in [-0.2, -0.15) is 18.5 Å². The van der Waals surface area contributed by atoms with E-state index in [2.05, 4.69) is 86.7 Å². The minimum atomic E-state index is -0.484. The minimum Gasteiger partial charge on any atom is -0.439 e. The van der Waals surface area contributed by atoms with Crippen LogP contribution >= 0.6 is 34.8 Å². The molecule has 14 rings (SSSR count). The van der Waals surface area contributed by atoms with Crippen LogP contribution in [0, 0.1) is 43.6 Å². The van der Waals surface area contributed by atoms with Gasteiger partial charge in [0.2, 0.25) is 12.2 Å². The zero-order valence-electron chi connectivity index (χ0n) is 68.5. The Hall–Kier alpha value is -13.2. The summed E-state index contributed by atoms with van der Waals surface area (Å²) in [4.78, 5) is 85.4. The molecule has 0 saturated heterocycles. The third-order valence-electron chi connectivity index (χ3n) is 18.6. The molecule has 6 aromatic carbocycles. The van der Waals surface area contributed by atoms with E-state index < -0.39 is 11.8 Å². The van der Waals surface area contributed by atoms with E-state index in [1.54, 1.807) is 45.1 Å². The molecule has 0 aliphatic heterocycles. The maximum atomic E-state index is 13.9. The van der Waals surface area contributed by atoms with E-state index in [0.717, 1.165) is 113 Å². The van der Waals surface area contributed by atoms with Gasteiger partial charge in [0.25, 0.3) is 0 Å². The summed E-state index contributed by atoms with van der Waals surface area (Å²) in [6, 6.07) is 48.6. The molecule has 124 heavy (non-hydrogen) atoms. The van der Waals surface area contributed by atoms with E-state index in [0.29, 0.717) is 92.2 Å². The van der Waals surface area contributed by atoms with Crippen molar-refractivity contribution in [3.05, 3.63) is 223 Å². The van der Waals surface area contributed by atoms with Crippen LogP contribution in [0.25, 0.3) is 68.1 Å². The van der Waals surface area contributed by atoms with Crippen molar-refractivity contribution in [3.63, 3.8) is 0 Å². The number of ether oxygens (including phenoxy) is 8. The number of nitro groups is 1. The second-order valence-corrected chi connectivity index (χ2v) is 29.0. The number of nitrogens with one attached hydrogen (secondary N) is 8. The molecule has 8 N–H and O–H groups in total. The molecule has 40 heteroatoms. The number of H-pyrrole nitrogens is 4. The Morgan fingerprint density at radius 2 is 0.726 bits per heavy atom. The minimum absolute atomic E-state index is 0.00752. The van der Waals surface area contributed by atoms with E-state index in [4.69, 9.17) is 68.0 Å². The van der Waals surface area contributed by atoms with Crippen molar-refractivity contribution in [2.45, 2.75) is 118 Å². The van der Waals surface area contributed by atoms with Gasteiger partial charge in [0.05, 0.1) is 29.2 Å². The maximum Gasteiger partial charge on any atom is 0.308 e. The van der Waals surface area contributed by atoms with Gasteiger partial charge < -0.3 is 59.2 Å². The van der Waals surface area contributed by atoms with Crippen molar-refractivity contribution in [2.75, 3.05) is 81.9 Å². The Morgan fingerprint density at radius 3 is 1.09 bits per heavy atom. The molecule has 0 spiro atoms. The first-order valence-corrected chi connectivity index (χ1v) is 40.7. The summed E-state index contributed by atoms with van der Waals surface area (Å²) in [7, 11) is 0. The van der Waals surface area contributed by atoms with Crippen molar-refractivity contribution >= 4 is 110 Å². The van der Waals surface area contributed by atoms with Crippen molar-refractivity contribution in [2.24, 2.45) is 0 Å². The second kappa shape index (κ2) is 46.7. The number of aromatic amines is 4. The Bertz CT molecular complexity index is 5780. The van der Waals surface area contributed by atoms with Gasteiger partial charge in [0.1, 0.15) is 42.0 Å². The van der Waals surface area contributed by atoms with E-state index in [1.165, 1.54) is 11.6 Å². The number of benzene rings is 6. The number of hydrogen-bond donors (Lipinski definition) is 8. The molecule has 14 aromatic rings. The summed E-state index contributed by atoms with van der Waals surface area (Å²) in [6.45, 7) is 8.86. The first-order chi connectivity index (χ1) is 60.1. The fraction of sp³-hybridized carbons (Fsp3) is 0.321. The van der Waals surface area contributed by atoms with E-state index in [-0.39, 0.29) is 108 Å². The number of aryl methyl sites for hydroxylation is 5. The summed E-state index contributed by atoms with van der Waals surface area (Å²) < 4.78 is 60.8. The quantitative estimate of drug-likeness (QED) is 0.00335. The number of nitrogens with zero attached hydrogens (tertiary/aromatic N) is 13. The maximum absolute atomic E-state index is 13.9. The number of rotatable bonds is 42. The van der Waals surface area contributed by atoms with Crippen LogP contribution in [0.3, 0.4) is 0 Å². The molecule has 0 radical (unpaired) electrons. The molecule has 0 bridgehead atoms. The van der Waals surface area contributed by atoms with E-state index >= 15 is 0 Å². The number of Topliss-reactive ketones (excluding diaryl/α,β-unsaturated/α-hetero) is 1. The van der Waals surface area contributed by atoms with Gasteiger partial charge in [-0.3, -0.25) is 54.5 Å². The number of fused-ring (bicyclic) bond motifs is 4. The second-order valence-electron chi connectivity index (χ2n) is 27.9. The normalized spacial score (nSPS) is 11.0. The average molecular weight is 1760 g/mol. The first-order valence-electron chi connectivity index (χ1n) is 39.5. The van der Waals surface area contributed by atoms with Gasteiger partial charge in [-0.05, 0) is 150 Å². The highest BCUT2D eigenvalue weighted by molar-refractivity contribution is 6.35. The molecule has 0 amide bonds. The number of carbonyl (C=O) groups excluding carboxylic acids is 5. The van der Waals surface area contributed by atoms with Gasteiger partial charge in [-0.1, -0.05) is 128 Å². The molecule has 0 aliphatic carbocycles. The zero-order chi connectivity index (χ0) is 87.7. The number of ketones is 1. The molecule has 36 nitrogen and oxygen atoms in total. The van der Waals surface area contributed by atoms with Crippen molar-refractivity contribution in [1.82, 2.24) is 79.2 Å². The summed E-state index contributed by atoms with van der Waals surface area (Å²) >= 11 is 18.6. The monoisotopic (exact) mass is 1760 g/mol. The lowest BCUT2D eigenvalue weighted by Crippen LogP contribution is -2.13. The number of carbonyl (C=O) groups is 5. The highest BCUT2D eigenvalue weighted by atomic mass is 35.5. The van der Waals surface area contributed by atoms with Crippen LogP contribution in [0.4, 0.5) is 27.1 Å². The largest absolute Gasteiger partial charge is 0.439 e. The molecule has 8 heterocycles. The molecule has 0 unspecified atom stereocenters. The Morgan fingerprint density at radius 1 is 0.403 bits per heavy atom. The van der Waals surface area contributed by atoms with Crippen LogP contribution in [0.2, 0.25) is 15.1 Å². The van der Waals surface area contributed by atoms with Crippen molar-refractivity contribution in [3.8, 4) is 45.6 Å². The van der Waals surface area contributed by atoms with Gasteiger partial charge in [0, 0.05) is 88.1 Å². The Labute approximate surface area is 724 Å². The predicted molar refractivity (Wildman–Crippen MR) is 461 cm³/mol. The van der Waals surface area contributed by atoms with Gasteiger partial charge >= 0.3 is 23.9 Å². The molecular formula is C84H93Cl3FN21O15. The number of esters is 4. The van der Waals surface area contributed by atoms with Crippen LogP contribution in [0.5, 0.6) is 0 Å². The Kier molecular flexibility index (Phi) is 34.5. The summed E-state index contributed by atoms with van der Waals surface area (Å²) in [5, 5.41) is 53.5. The number of aromatic nitrogens is 16. The van der Waals surface area contributed by atoms with Crippen LogP contribution < -0.4 is 21.3 Å². The van der Waals surface area contributed by atoms with Crippen molar-refractivity contribution in [1.29, 1.82) is 0 Å². The van der Waals surface area contributed by atoms with Crippen LogP contribution in [-0.2, 0) is 63.5 Å². The number of unbranched alkanes of at least 4 members (excludes halogenated alkanes) is 7. The molecular weight excluding hydrogens is 1670 g/mol. The van der Waals surface area contributed by atoms with Crippen LogP contribution in [0.1, 0.15) is 123 Å². The van der Waals surface area contributed by atoms with Crippen LogP contribution in [-0.4, -0.2) is 174 Å². The third-order valence-corrected chi connectivity index (χ3v) is 19.9. The summed E-state index contributed by atoms with van der Waals surface area (Å²) in [6.07, 6.45) is 8.94. The average Bonchev–Trinajstić information content (AvgIpc) is 1.65. The fourth-order valence-electron chi connectivity index (χ4n) is 11.9. The third kappa shape index (κ3) is 27.7. The molecule has 0 aliphatic rings. The summed E-state index contributed by atoms with van der Waals surface area (Å²) in [5.74, 6) is 0.201. The molecule has 0 saturated carbocycles. The van der Waals surface area contributed by atoms with Crippen molar-refractivity contribution < 1.29 is 71.2 Å². The van der Waals surface area contributed by atoms with E-state index in [9.17, 15) is 38.5 Å². The Balaban J connectivity index is 0.000000162. The highest BCUT2D eigenvalue weighted by Crippen LogP contribution is 2.29. The summed E-state index contributed by atoms with van der Waals surface area (Å²) in [5.41, 5.74) is 13.1. The molecule has 8 aromatic heterocycles. The molecule has 652 valence electrons. The lowest BCUT2D eigenvalue weighted by Gasteiger charge is -2.09. The lowest BCUT2D eigenvalue weighted by atomic mass is 10.1. The SMILES string of the molecule is CC(=O)OCOCNc1ccc(-c2nc3c(Cl)c(C)[nH]n3n2)cc1.Cc1[nH]n2nc(-c3ccc(NCOCOC(=O)CCC(=O)c4ccccc4)cc3)nc2c1Cl.Cc1[nH]n2nc(-c3ccc(NCOCOC(=O)CCCCCCCCCC[N+](=O)[O-])cc3)nc2c1F.Cc1[nH]n2nc(-c3ccc(NCOCOC(=O)CCc4ccccc4)cc3)nc2c1Cl. The van der Waals surface area contributed by atoms with Gasteiger partial charge in [-0.15, -0.1) is 20.4 Å². The standard InChI is InChI=1S/C24H33FN6O5.C23H22ClN5O4.C22H22ClN5O3.C15H16ClN5O3/c1-18-22(25)24-27-23(29-31(24)28-18)19-11-13-20(14-12-19)26-16-35-17-36-21(32)10-8-6-4-2-3-5-7-9-15-30(33)34;1-15-21(24)23-26-22(28-29(23)27-15)17-7-9-18(10-8-17)25-13-32-14-33-20(31)12-11-19(30)16-5-3-2-4-6-16;1-15-20(23)22-25-21(27-28(22)26-15)17-8-10-18(11-9-17)24-13-30-14-31-19(29)12-7-16-5-3-2-4-6-16;1-9-13(16)15-18-14(20-21(15)19-9)11-3-5-12(6-4-11)17-7-23-8-24-10(2)22/h11-14,26,28H,2-10,15-17H2,1H3;2-10,25,27H,11-14H2,1H3;2-6,8-11,24,26H,7,12-14H2,1H3;3-6,17,19H,7-8H2,1-2H3. The first kappa shape index (κ1) is 91.6. The predicted octanol–water partition coefficient (Wildman–Crippen LogP) is 15.9. The fourth-order valence-corrected chi connectivity index (χ4v) is 12.4. The number of halogens is 4. The van der Waals surface area contributed by atoms with E-state index in [1.807, 2.05) is 154 Å². The smallest absolute Gasteiger partial charge is 0.308 e. The zero-order valence-corrected chi connectivity index (χ0v) is 70.8. The number of hydrogen-bond acceptors (Lipinski definition) is 27. The number of anilines is 4.